The van der Waals surface area contributed by atoms with Crippen molar-refractivity contribution in [1.29, 1.82) is 0 Å². The summed E-state index contributed by atoms with van der Waals surface area (Å²) in [6, 6.07) is 7.72. The van der Waals surface area contributed by atoms with Gasteiger partial charge in [0.2, 0.25) is 5.95 Å². The van der Waals surface area contributed by atoms with E-state index in [2.05, 4.69) is 15.3 Å². The lowest BCUT2D eigenvalue weighted by molar-refractivity contribution is 0.0695. The number of aromatic carboxylic acids is 1. The van der Waals surface area contributed by atoms with E-state index >= 15 is 0 Å². The molecule has 6 heteroatoms. The summed E-state index contributed by atoms with van der Waals surface area (Å²) in [5, 5.41) is 12.0. The maximum atomic E-state index is 10.9. The lowest BCUT2D eigenvalue weighted by Crippen LogP contribution is -2.08. The summed E-state index contributed by atoms with van der Waals surface area (Å²) in [6.45, 7) is 4.74. The summed E-state index contributed by atoms with van der Waals surface area (Å²) in [4.78, 5) is 19.0. The fraction of sp³-hybridized carbons (Fsp3) is 0.267. The quantitative estimate of drug-likeness (QED) is 0.849. The Hall–Kier alpha value is -2.63. The Labute approximate surface area is 122 Å². The highest BCUT2D eigenvalue weighted by Gasteiger charge is 2.09. The molecule has 0 bridgehead atoms. The molecule has 0 radical (unpaired) electrons. The number of benzene rings is 1. The molecule has 110 valence electrons. The lowest BCUT2D eigenvalue weighted by atomic mass is 10.2. The van der Waals surface area contributed by atoms with E-state index in [1.807, 2.05) is 31.2 Å². The average Bonchev–Trinajstić information content (AvgIpc) is 2.45. The first-order valence-corrected chi connectivity index (χ1v) is 6.62. The van der Waals surface area contributed by atoms with Crippen LogP contribution in [0.5, 0.6) is 5.75 Å². The first-order chi connectivity index (χ1) is 10.1. The van der Waals surface area contributed by atoms with Crippen LogP contribution in [0.25, 0.3) is 0 Å². The Bertz CT molecular complexity index is 644. The van der Waals surface area contributed by atoms with Gasteiger partial charge in [0, 0.05) is 12.7 Å². The molecule has 21 heavy (non-hydrogen) atoms. The van der Waals surface area contributed by atoms with Gasteiger partial charge in [-0.25, -0.2) is 14.8 Å². The number of rotatable bonds is 6. The Morgan fingerprint density at radius 3 is 2.90 bits per heavy atom. The van der Waals surface area contributed by atoms with E-state index in [1.165, 1.54) is 6.20 Å². The van der Waals surface area contributed by atoms with Crippen LogP contribution >= 0.6 is 0 Å². The molecule has 2 aromatic rings. The fourth-order valence-corrected chi connectivity index (χ4v) is 1.86. The molecular weight excluding hydrogens is 270 g/mol. The molecule has 0 aliphatic rings. The molecule has 0 aliphatic carbocycles. The van der Waals surface area contributed by atoms with Crippen LogP contribution in [0.4, 0.5) is 5.95 Å². The fourth-order valence-electron chi connectivity index (χ4n) is 1.86. The summed E-state index contributed by atoms with van der Waals surface area (Å²) < 4.78 is 5.44. The van der Waals surface area contributed by atoms with Crippen molar-refractivity contribution in [3.05, 3.63) is 47.3 Å². The van der Waals surface area contributed by atoms with Crippen molar-refractivity contribution in [3.8, 4) is 5.75 Å². The van der Waals surface area contributed by atoms with E-state index in [0.717, 1.165) is 11.3 Å². The monoisotopic (exact) mass is 287 g/mol. The second-order valence-electron chi connectivity index (χ2n) is 4.43. The van der Waals surface area contributed by atoms with Gasteiger partial charge in [-0.1, -0.05) is 12.1 Å². The van der Waals surface area contributed by atoms with Crippen LogP contribution in [0.2, 0.25) is 0 Å². The molecule has 2 rings (SSSR count). The molecule has 0 saturated carbocycles. The number of anilines is 1. The minimum atomic E-state index is -1.02. The van der Waals surface area contributed by atoms with Crippen LogP contribution < -0.4 is 10.1 Å². The van der Waals surface area contributed by atoms with Gasteiger partial charge >= 0.3 is 5.97 Å². The minimum absolute atomic E-state index is 0.110. The van der Waals surface area contributed by atoms with Gasteiger partial charge in [0.25, 0.3) is 0 Å². The number of carbonyl (C=O) groups is 1. The second-order valence-corrected chi connectivity index (χ2v) is 4.43. The molecule has 1 heterocycles. The van der Waals surface area contributed by atoms with Crippen molar-refractivity contribution in [2.24, 2.45) is 0 Å². The minimum Gasteiger partial charge on any atom is -0.494 e. The summed E-state index contributed by atoms with van der Waals surface area (Å²) in [5.41, 5.74) is 1.58. The van der Waals surface area contributed by atoms with Crippen LogP contribution in [0.1, 0.15) is 28.5 Å². The number of carboxylic acid groups (broad SMARTS) is 1. The van der Waals surface area contributed by atoms with Crippen molar-refractivity contribution in [2.75, 3.05) is 11.9 Å². The molecule has 0 fully saturated rings. The molecule has 0 amide bonds. The molecular formula is C15H17N3O3. The molecule has 0 atom stereocenters. The zero-order valence-corrected chi connectivity index (χ0v) is 12.0. The molecule has 1 aromatic heterocycles. The summed E-state index contributed by atoms with van der Waals surface area (Å²) in [5.74, 6) is 0.193. The Morgan fingerprint density at radius 1 is 1.43 bits per heavy atom. The highest BCUT2D eigenvalue weighted by atomic mass is 16.5. The van der Waals surface area contributed by atoms with Crippen LogP contribution in [0.15, 0.2) is 30.5 Å². The molecule has 2 N–H and O–H groups in total. The van der Waals surface area contributed by atoms with Crippen molar-refractivity contribution >= 4 is 11.9 Å². The third-order valence-electron chi connectivity index (χ3n) is 2.87. The Balaban J connectivity index is 2.04. The largest absolute Gasteiger partial charge is 0.494 e. The van der Waals surface area contributed by atoms with Gasteiger partial charge in [-0.2, -0.15) is 0 Å². The van der Waals surface area contributed by atoms with Crippen molar-refractivity contribution in [2.45, 2.75) is 20.4 Å². The molecule has 0 spiro atoms. The van der Waals surface area contributed by atoms with E-state index in [0.29, 0.717) is 24.8 Å². The maximum Gasteiger partial charge on any atom is 0.339 e. The SMILES string of the molecule is CCOc1cccc(CNc2ncc(C(=O)O)c(C)n2)c1. The first kappa shape index (κ1) is 14.8. The average molecular weight is 287 g/mol. The van der Waals surface area contributed by atoms with Crippen LogP contribution in [-0.2, 0) is 6.54 Å². The zero-order chi connectivity index (χ0) is 15.2. The third kappa shape index (κ3) is 3.92. The smallest absolute Gasteiger partial charge is 0.339 e. The van der Waals surface area contributed by atoms with E-state index in [1.54, 1.807) is 6.92 Å². The van der Waals surface area contributed by atoms with E-state index in [9.17, 15) is 4.79 Å². The number of ether oxygens (including phenoxy) is 1. The number of hydrogen-bond donors (Lipinski definition) is 2. The highest BCUT2D eigenvalue weighted by molar-refractivity contribution is 5.88. The van der Waals surface area contributed by atoms with Gasteiger partial charge in [0.1, 0.15) is 5.75 Å². The van der Waals surface area contributed by atoms with E-state index in [4.69, 9.17) is 9.84 Å². The van der Waals surface area contributed by atoms with Gasteiger partial charge in [0.05, 0.1) is 17.9 Å². The summed E-state index contributed by atoms with van der Waals surface area (Å²) in [7, 11) is 0. The number of nitrogens with one attached hydrogen (secondary N) is 1. The number of aromatic nitrogens is 2. The van der Waals surface area contributed by atoms with Gasteiger partial charge in [0.15, 0.2) is 0 Å². The zero-order valence-electron chi connectivity index (χ0n) is 12.0. The van der Waals surface area contributed by atoms with Gasteiger partial charge in [-0.3, -0.25) is 0 Å². The number of carboxylic acids is 1. The summed E-state index contributed by atoms with van der Waals surface area (Å²) >= 11 is 0. The predicted octanol–water partition coefficient (Wildman–Crippen LogP) is 2.49. The standard InChI is InChI=1S/C15H17N3O3/c1-3-21-12-6-4-5-11(7-12)8-16-15-17-9-13(14(19)20)10(2)18-15/h4-7,9H,3,8H2,1-2H3,(H,19,20)(H,16,17,18). The Morgan fingerprint density at radius 2 is 2.24 bits per heavy atom. The Kier molecular flexibility index (Phi) is 4.71. The maximum absolute atomic E-state index is 10.9. The lowest BCUT2D eigenvalue weighted by Gasteiger charge is -2.08. The highest BCUT2D eigenvalue weighted by Crippen LogP contribution is 2.14. The molecule has 0 aliphatic heterocycles. The van der Waals surface area contributed by atoms with Crippen LogP contribution in [-0.4, -0.2) is 27.7 Å². The number of hydrogen-bond acceptors (Lipinski definition) is 5. The van der Waals surface area contributed by atoms with Crippen LogP contribution in [0.3, 0.4) is 0 Å². The van der Waals surface area contributed by atoms with Gasteiger partial charge in [-0.05, 0) is 31.5 Å². The normalized spacial score (nSPS) is 10.2. The molecule has 0 unspecified atom stereocenters. The summed E-state index contributed by atoms with van der Waals surface area (Å²) in [6.07, 6.45) is 1.31. The van der Waals surface area contributed by atoms with E-state index < -0.39 is 5.97 Å². The van der Waals surface area contributed by atoms with E-state index in [-0.39, 0.29) is 5.56 Å². The number of aryl methyl sites for hydroxylation is 1. The van der Waals surface area contributed by atoms with Crippen molar-refractivity contribution < 1.29 is 14.6 Å². The molecule has 6 nitrogen and oxygen atoms in total. The van der Waals surface area contributed by atoms with Gasteiger partial charge in [-0.15, -0.1) is 0 Å². The first-order valence-electron chi connectivity index (χ1n) is 6.62. The van der Waals surface area contributed by atoms with Crippen LogP contribution in [0, 0.1) is 6.92 Å². The molecule has 0 saturated heterocycles. The van der Waals surface area contributed by atoms with Gasteiger partial charge < -0.3 is 15.2 Å². The topological polar surface area (TPSA) is 84.3 Å². The second kappa shape index (κ2) is 6.69. The predicted molar refractivity (Wildman–Crippen MR) is 78.7 cm³/mol. The van der Waals surface area contributed by atoms with Crippen molar-refractivity contribution in [3.63, 3.8) is 0 Å². The molecule has 1 aromatic carbocycles. The third-order valence-corrected chi connectivity index (χ3v) is 2.87. The number of nitrogens with zero attached hydrogens (tertiary/aromatic N) is 2. The van der Waals surface area contributed by atoms with Crippen molar-refractivity contribution in [1.82, 2.24) is 9.97 Å².